The summed E-state index contributed by atoms with van der Waals surface area (Å²) < 4.78 is 0. The minimum atomic E-state index is -0.218. The Morgan fingerprint density at radius 3 is 2.65 bits per heavy atom. The summed E-state index contributed by atoms with van der Waals surface area (Å²) in [6, 6.07) is 17.2. The lowest BCUT2D eigenvalue weighted by Gasteiger charge is -2.33. The Morgan fingerprint density at radius 2 is 1.80 bits per heavy atom. The SMILES string of the molecule is OC(CC1Cc2ccccc21)C1CSc2ccccc21. The highest BCUT2D eigenvalue weighted by Gasteiger charge is 2.34. The van der Waals surface area contributed by atoms with Crippen LogP contribution in [0.25, 0.3) is 0 Å². The molecule has 3 atom stereocenters. The first kappa shape index (κ1) is 12.5. The largest absolute Gasteiger partial charge is 0.392 e. The van der Waals surface area contributed by atoms with Crippen LogP contribution in [0.15, 0.2) is 53.4 Å². The third-order valence-electron chi connectivity index (χ3n) is 4.69. The van der Waals surface area contributed by atoms with Gasteiger partial charge in [-0.15, -0.1) is 11.8 Å². The lowest BCUT2D eigenvalue weighted by Crippen LogP contribution is -2.26. The Hall–Kier alpha value is -1.25. The monoisotopic (exact) mass is 282 g/mol. The maximum atomic E-state index is 10.6. The summed E-state index contributed by atoms with van der Waals surface area (Å²) in [6.45, 7) is 0. The third-order valence-corrected chi connectivity index (χ3v) is 5.90. The van der Waals surface area contributed by atoms with Gasteiger partial charge in [0.25, 0.3) is 0 Å². The van der Waals surface area contributed by atoms with Crippen molar-refractivity contribution < 1.29 is 5.11 Å². The molecule has 0 radical (unpaired) electrons. The Bertz CT molecular complexity index is 637. The van der Waals surface area contributed by atoms with Crippen LogP contribution in [-0.2, 0) is 6.42 Å². The molecule has 0 saturated heterocycles. The molecule has 20 heavy (non-hydrogen) atoms. The van der Waals surface area contributed by atoms with Crippen LogP contribution in [0.3, 0.4) is 0 Å². The quantitative estimate of drug-likeness (QED) is 0.919. The molecule has 1 aliphatic carbocycles. The van der Waals surface area contributed by atoms with Crippen molar-refractivity contribution in [2.75, 3.05) is 5.75 Å². The van der Waals surface area contributed by atoms with Crippen LogP contribution in [0.4, 0.5) is 0 Å². The highest BCUT2D eigenvalue weighted by atomic mass is 32.2. The number of thioether (sulfide) groups is 1. The number of hydrogen-bond acceptors (Lipinski definition) is 2. The van der Waals surface area contributed by atoms with Gasteiger partial charge in [-0.05, 0) is 41.5 Å². The maximum Gasteiger partial charge on any atom is 0.0623 e. The Morgan fingerprint density at radius 1 is 1.05 bits per heavy atom. The second-order valence-electron chi connectivity index (χ2n) is 5.86. The molecule has 2 aromatic rings. The number of rotatable bonds is 3. The van der Waals surface area contributed by atoms with E-state index in [4.69, 9.17) is 0 Å². The first-order valence-electron chi connectivity index (χ1n) is 7.30. The van der Waals surface area contributed by atoms with Crippen LogP contribution in [0, 0.1) is 0 Å². The molecular weight excluding hydrogens is 264 g/mol. The van der Waals surface area contributed by atoms with E-state index in [-0.39, 0.29) is 6.10 Å². The van der Waals surface area contributed by atoms with Gasteiger partial charge in [0.1, 0.15) is 0 Å². The molecule has 1 N–H and O–H groups in total. The van der Waals surface area contributed by atoms with Gasteiger partial charge in [-0.1, -0.05) is 42.5 Å². The zero-order valence-electron chi connectivity index (χ0n) is 11.3. The van der Waals surface area contributed by atoms with Crippen molar-refractivity contribution in [1.82, 2.24) is 0 Å². The molecule has 2 aliphatic rings. The lowest BCUT2D eigenvalue weighted by atomic mass is 9.73. The molecule has 0 fully saturated rings. The van der Waals surface area contributed by atoms with E-state index in [0.717, 1.165) is 18.6 Å². The Balaban J connectivity index is 1.49. The predicted octanol–water partition coefficient (Wildman–Crippen LogP) is 3.97. The van der Waals surface area contributed by atoms with Crippen LogP contribution >= 0.6 is 11.8 Å². The van der Waals surface area contributed by atoms with Gasteiger partial charge in [0.05, 0.1) is 6.10 Å². The molecule has 1 aliphatic heterocycles. The van der Waals surface area contributed by atoms with E-state index < -0.39 is 0 Å². The zero-order valence-corrected chi connectivity index (χ0v) is 12.1. The zero-order chi connectivity index (χ0) is 13.5. The third kappa shape index (κ3) is 1.99. The van der Waals surface area contributed by atoms with Crippen molar-refractivity contribution in [3.8, 4) is 0 Å². The van der Waals surface area contributed by atoms with Crippen molar-refractivity contribution in [1.29, 1.82) is 0 Å². The molecule has 2 heteroatoms. The molecule has 0 spiro atoms. The molecule has 4 rings (SSSR count). The van der Waals surface area contributed by atoms with Gasteiger partial charge in [0.15, 0.2) is 0 Å². The summed E-state index contributed by atoms with van der Waals surface area (Å²) >= 11 is 1.88. The number of aliphatic hydroxyl groups excluding tert-OH is 1. The fourth-order valence-corrected chi connectivity index (χ4v) is 4.86. The number of benzene rings is 2. The summed E-state index contributed by atoms with van der Waals surface area (Å²) in [5.74, 6) is 1.89. The van der Waals surface area contributed by atoms with Crippen LogP contribution in [0.1, 0.15) is 34.9 Å². The molecule has 0 aromatic heterocycles. The fourth-order valence-electron chi connectivity index (χ4n) is 3.53. The minimum absolute atomic E-state index is 0.218. The highest BCUT2D eigenvalue weighted by molar-refractivity contribution is 7.99. The van der Waals surface area contributed by atoms with Gasteiger partial charge in [0, 0.05) is 16.6 Å². The summed E-state index contributed by atoms with van der Waals surface area (Å²) in [5.41, 5.74) is 4.26. The summed E-state index contributed by atoms with van der Waals surface area (Å²) in [4.78, 5) is 1.35. The molecule has 1 nitrogen and oxygen atoms in total. The van der Waals surface area contributed by atoms with Gasteiger partial charge in [0.2, 0.25) is 0 Å². The van der Waals surface area contributed by atoms with Crippen LogP contribution in [-0.4, -0.2) is 17.0 Å². The average molecular weight is 282 g/mol. The molecule has 0 amide bonds. The second-order valence-corrected chi connectivity index (χ2v) is 6.92. The molecule has 2 aromatic carbocycles. The van der Waals surface area contributed by atoms with Gasteiger partial charge in [-0.3, -0.25) is 0 Å². The summed E-state index contributed by atoms with van der Waals surface area (Å²) in [5, 5.41) is 10.6. The normalized spacial score (nSPS) is 24.6. The van der Waals surface area contributed by atoms with E-state index in [0.29, 0.717) is 11.8 Å². The van der Waals surface area contributed by atoms with E-state index in [1.54, 1.807) is 0 Å². The van der Waals surface area contributed by atoms with Crippen molar-refractivity contribution in [2.24, 2.45) is 0 Å². The molecule has 1 heterocycles. The van der Waals surface area contributed by atoms with Crippen LogP contribution in [0.2, 0.25) is 0 Å². The van der Waals surface area contributed by atoms with E-state index in [1.807, 2.05) is 11.8 Å². The Kier molecular flexibility index (Phi) is 3.08. The summed E-state index contributed by atoms with van der Waals surface area (Å²) in [7, 11) is 0. The molecule has 0 bridgehead atoms. The van der Waals surface area contributed by atoms with Gasteiger partial charge in [-0.25, -0.2) is 0 Å². The first-order chi connectivity index (χ1) is 9.83. The van der Waals surface area contributed by atoms with Crippen LogP contribution < -0.4 is 0 Å². The molecular formula is C18H18OS. The molecule has 3 unspecified atom stereocenters. The van der Waals surface area contributed by atoms with E-state index >= 15 is 0 Å². The number of hydrogen-bond donors (Lipinski definition) is 1. The van der Waals surface area contributed by atoms with Crippen molar-refractivity contribution >= 4 is 11.8 Å². The maximum absolute atomic E-state index is 10.6. The minimum Gasteiger partial charge on any atom is -0.392 e. The standard InChI is InChI=1S/C18H18OS/c19-17(10-13-9-12-5-1-2-6-14(12)13)16-11-20-18-8-4-3-7-15(16)18/h1-8,13,16-17,19H,9-11H2. The smallest absolute Gasteiger partial charge is 0.0623 e. The van der Waals surface area contributed by atoms with Gasteiger partial charge in [-0.2, -0.15) is 0 Å². The van der Waals surface area contributed by atoms with Gasteiger partial charge < -0.3 is 5.11 Å². The van der Waals surface area contributed by atoms with Gasteiger partial charge >= 0.3 is 0 Å². The first-order valence-corrected chi connectivity index (χ1v) is 8.29. The Labute approximate surface area is 124 Å². The van der Waals surface area contributed by atoms with Crippen molar-refractivity contribution in [2.45, 2.75) is 35.7 Å². The average Bonchev–Trinajstić information content (AvgIpc) is 2.88. The molecule has 0 saturated carbocycles. The molecule has 102 valence electrons. The van der Waals surface area contributed by atoms with E-state index in [9.17, 15) is 5.11 Å². The fraction of sp³-hybridized carbons (Fsp3) is 0.333. The van der Waals surface area contributed by atoms with E-state index in [2.05, 4.69) is 48.5 Å². The number of aliphatic hydroxyl groups is 1. The second kappa shape index (κ2) is 4.94. The number of fused-ring (bicyclic) bond motifs is 2. The topological polar surface area (TPSA) is 20.2 Å². The van der Waals surface area contributed by atoms with E-state index in [1.165, 1.54) is 21.6 Å². The summed E-state index contributed by atoms with van der Waals surface area (Å²) in [6.07, 6.45) is 1.82. The lowest BCUT2D eigenvalue weighted by molar-refractivity contribution is 0.129. The predicted molar refractivity (Wildman–Crippen MR) is 83.4 cm³/mol. The van der Waals surface area contributed by atoms with Crippen molar-refractivity contribution in [3.63, 3.8) is 0 Å². The van der Waals surface area contributed by atoms with Crippen LogP contribution in [0.5, 0.6) is 0 Å². The van der Waals surface area contributed by atoms with Crippen molar-refractivity contribution in [3.05, 3.63) is 65.2 Å². The highest BCUT2D eigenvalue weighted by Crippen LogP contribution is 2.45.